The fourth-order valence-electron chi connectivity index (χ4n) is 9.87. The second kappa shape index (κ2) is 21.2. The van der Waals surface area contributed by atoms with E-state index < -0.39 is 178 Å². The standard InChI is InChI=1S/C51H55N3O21/c1-18-12-27-33(40(61)30(18)46(65)52-20(3)48(67)68)32-25(15-26-34(41(32)62)37(58)24-13-23(70-6)14-28(55)31(24)36(26)57)38(59)44(27)74-50-43(64)45(75-49-42(63)39(60)29(56)17-71-49)35(21(4)73-50)54(5)47(66)19(2)53-51(69)72-16-22-10-8-7-9-11-22/h7-15,19-21,29,35,38-39,42-45,49-50,55-56,59-64H,16-17H2,1-6H3,(H,52,65)(H,53,69)(H,67,68)/t19-,20+,21+,29+,35-,38-,39-,42+,43+,44-,45-,49-,50-/m0/s1. The molecule has 0 unspecified atom stereocenters. The molecule has 4 aliphatic rings. The number of hydrogen-bond acceptors (Lipinski definition) is 20. The summed E-state index contributed by atoms with van der Waals surface area (Å²) in [5.74, 6) is -7.81. The number of carboxylic acids is 1. The van der Waals surface area contributed by atoms with Crippen LogP contribution in [0.4, 0.5) is 4.79 Å². The first-order valence-electron chi connectivity index (χ1n) is 23.5. The number of ketones is 2. The number of phenols is 3. The molecule has 2 heterocycles. The second-order valence-corrected chi connectivity index (χ2v) is 18.7. The van der Waals surface area contributed by atoms with Crippen LogP contribution in [-0.4, -0.2) is 174 Å². The number of hydrogen-bond donors (Lipinski definition) is 11. The molecule has 13 atom stereocenters. The van der Waals surface area contributed by atoms with Crippen molar-refractivity contribution in [3.05, 3.63) is 105 Å². The first-order chi connectivity index (χ1) is 35.5. The van der Waals surface area contributed by atoms with Crippen molar-refractivity contribution in [3.8, 4) is 34.1 Å². The highest BCUT2D eigenvalue weighted by Crippen LogP contribution is 2.57. The first-order valence-corrected chi connectivity index (χ1v) is 23.5. The van der Waals surface area contributed by atoms with Crippen LogP contribution < -0.4 is 15.4 Å². The van der Waals surface area contributed by atoms with Gasteiger partial charge in [-0.25, -0.2) is 4.79 Å². The van der Waals surface area contributed by atoms with Gasteiger partial charge in [-0.1, -0.05) is 36.4 Å². The molecule has 400 valence electrons. The number of amides is 3. The van der Waals surface area contributed by atoms with Crippen LogP contribution in [0.15, 0.2) is 54.6 Å². The van der Waals surface area contributed by atoms with Crippen molar-refractivity contribution < 1.29 is 103 Å². The van der Waals surface area contributed by atoms with Crippen LogP contribution in [0.2, 0.25) is 0 Å². The van der Waals surface area contributed by atoms with Crippen LogP contribution in [0, 0.1) is 6.92 Å². The molecule has 2 aliphatic heterocycles. The van der Waals surface area contributed by atoms with Crippen molar-refractivity contribution in [2.75, 3.05) is 20.8 Å². The zero-order valence-electron chi connectivity index (χ0n) is 41.0. The lowest BCUT2D eigenvalue weighted by Gasteiger charge is -2.49. The fraction of sp³-hybridized carbons (Fsp3) is 0.412. The number of fused-ring (bicyclic) bond motifs is 5. The van der Waals surface area contributed by atoms with E-state index in [1.807, 2.05) is 0 Å². The number of aliphatic hydroxyl groups is 5. The lowest BCUT2D eigenvalue weighted by atomic mass is 9.74. The van der Waals surface area contributed by atoms with E-state index in [-0.39, 0.29) is 29.0 Å². The molecule has 2 fully saturated rings. The Bertz CT molecular complexity index is 2950. The third kappa shape index (κ3) is 9.82. The summed E-state index contributed by atoms with van der Waals surface area (Å²) in [6.45, 7) is 4.64. The number of aromatic hydroxyl groups is 3. The highest BCUT2D eigenvalue weighted by Gasteiger charge is 2.53. The van der Waals surface area contributed by atoms with E-state index in [0.717, 1.165) is 30.0 Å². The molecule has 11 N–H and O–H groups in total. The summed E-state index contributed by atoms with van der Waals surface area (Å²) in [5.41, 5.74) is -3.37. The summed E-state index contributed by atoms with van der Waals surface area (Å²) >= 11 is 0. The smallest absolute Gasteiger partial charge is 0.408 e. The van der Waals surface area contributed by atoms with Gasteiger partial charge >= 0.3 is 12.1 Å². The number of carbonyl (C=O) groups excluding carboxylic acids is 5. The number of aryl methyl sites for hydroxylation is 1. The average molecular weight is 1050 g/mol. The minimum atomic E-state index is -2.07. The lowest BCUT2D eigenvalue weighted by Crippen LogP contribution is -2.67. The molecule has 8 rings (SSSR count). The number of nitrogens with one attached hydrogen (secondary N) is 2. The molecule has 4 aromatic rings. The third-order valence-electron chi connectivity index (χ3n) is 13.8. The van der Waals surface area contributed by atoms with Crippen LogP contribution in [-0.2, 0) is 39.9 Å². The second-order valence-electron chi connectivity index (χ2n) is 18.7. The van der Waals surface area contributed by atoms with E-state index in [1.165, 1.54) is 41.0 Å². The van der Waals surface area contributed by atoms with E-state index in [9.17, 15) is 74.7 Å². The minimum Gasteiger partial charge on any atom is -0.507 e. The number of ether oxygens (including phenoxy) is 6. The van der Waals surface area contributed by atoms with Crippen LogP contribution in [0.3, 0.4) is 0 Å². The van der Waals surface area contributed by atoms with Gasteiger partial charge in [0.2, 0.25) is 5.91 Å². The number of aliphatic hydroxyl groups excluding tert-OH is 5. The molecule has 4 aromatic carbocycles. The number of phenolic OH excluding ortho intramolecular Hbond substituents is 3. The van der Waals surface area contributed by atoms with Crippen LogP contribution in [0.5, 0.6) is 23.0 Å². The number of alkyl carbamates (subject to hydrolysis) is 1. The van der Waals surface area contributed by atoms with Gasteiger partial charge in [0, 0.05) is 35.4 Å². The molecule has 3 amide bonds. The maximum atomic E-state index is 14.3. The van der Waals surface area contributed by atoms with Crippen molar-refractivity contribution in [1.82, 2.24) is 15.5 Å². The number of benzene rings is 4. The quantitative estimate of drug-likeness (QED) is 0.0782. The van der Waals surface area contributed by atoms with Crippen LogP contribution in [0.1, 0.15) is 97.4 Å². The topological polar surface area (TPSA) is 367 Å². The third-order valence-corrected chi connectivity index (χ3v) is 13.8. The Hall–Kier alpha value is -7.26. The van der Waals surface area contributed by atoms with E-state index in [4.69, 9.17) is 28.4 Å². The molecule has 24 nitrogen and oxygen atoms in total. The summed E-state index contributed by atoms with van der Waals surface area (Å²) in [5, 5.41) is 106. The molecule has 0 aromatic heterocycles. The van der Waals surface area contributed by atoms with Gasteiger partial charge in [-0.2, -0.15) is 0 Å². The molecule has 0 saturated carbocycles. The Morgan fingerprint density at radius 3 is 2.11 bits per heavy atom. The van der Waals surface area contributed by atoms with Crippen LogP contribution >= 0.6 is 0 Å². The number of carbonyl (C=O) groups is 6. The summed E-state index contributed by atoms with van der Waals surface area (Å²) < 4.78 is 34.8. The molecule has 2 saturated heterocycles. The summed E-state index contributed by atoms with van der Waals surface area (Å²) in [4.78, 5) is 82.0. The Morgan fingerprint density at radius 2 is 1.44 bits per heavy atom. The van der Waals surface area contributed by atoms with Gasteiger partial charge in [-0.05, 0) is 62.1 Å². The van der Waals surface area contributed by atoms with Gasteiger partial charge < -0.3 is 89.9 Å². The van der Waals surface area contributed by atoms with Gasteiger partial charge in [-0.15, -0.1) is 0 Å². The van der Waals surface area contributed by atoms with Gasteiger partial charge in [0.25, 0.3) is 5.91 Å². The van der Waals surface area contributed by atoms with Crippen LogP contribution in [0.25, 0.3) is 11.1 Å². The van der Waals surface area contributed by atoms with Crippen molar-refractivity contribution in [2.24, 2.45) is 0 Å². The Balaban J connectivity index is 1.19. The Labute approximate surface area is 426 Å². The lowest BCUT2D eigenvalue weighted by molar-refractivity contribution is -0.345. The van der Waals surface area contributed by atoms with Gasteiger partial charge in [0.05, 0.1) is 42.6 Å². The van der Waals surface area contributed by atoms with Crippen molar-refractivity contribution >= 4 is 35.4 Å². The molecular formula is C51H55N3O21. The zero-order valence-corrected chi connectivity index (χ0v) is 41.0. The molecule has 2 aliphatic carbocycles. The molecular weight excluding hydrogens is 991 g/mol. The van der Waals surface area contributed by atoms with E-state index >= 15 is 0 Å². The van der Waals surface area contributed by atoms with Crippen molar-refractivity contribution in [1.29, 1.82) is 0 Å². The first kappa shape index (κ1) is 54.0. The minimum absolute atomic E-state index is 0.0192. The number of rotatable bonds is 13. The molecule has 0 bridgehead atoms. The maximum absolute atomic E-state index is 14.3. The monoisotopic (exact) mass is 1050 g/mol. The number of nitrogens with zero attached hydrogens (tertiary/aromatic N) is 1. The van der Waals surface area contributed by atoms with E-state index in [0.29, 0.717) is 5.56 Å². The van der Waals surface area contributed by atoms with Gasteiger partial charge in [-0.3, -0.25) is 24.0 Å². The normalized spacial score (nSPS) is 26.6. The number of carboxylic acid groups (broad SMARTS) is 1. The summed E-state index contributed by atoms with van der Waals surface area (Å²) in [6, 6.07) is 9.12. The Kier molecular flexibility index (Phi) is 15.2. The molecule has 75 heavy (non-hydrogen) atoms. The summed E-state index contributed by atoms with van der Waals surface area (Å²) in [6.07, 6.45) is -18.8. The van der Waals surface area contributed by atoms with E-state index in [2.05, 4.69) is 10.6 Å². The molecule has 24 heteroatoms. The fourth-order valence-corrected chi connectivity index (χ4v) is 9.87. The van der Waals surface area contributed by atoms with Crippen molar-refractivity contribution in [2.45, 2.75) is 114 Å². The predicted molar refractivity (Wildman–Crippen MR) is 254 cm³/mol. The maximum Gasteiger partial charge on any atom is 0.408 e. The highest BCUT2D eigenvalue weighted by molar-refractivity contribution is 6.31. The average Bonchev–Trinajstić information content (AvgIpc) is 3.37. The summed E-state index contributed by atoms with van der Waals surface area (Å²) in [7, 11) is 2.54. The predicted octanol–water partition coefficient (Wildman–Crippen LogP) is 0.942. The molecule has 0 spiro atoms. The van der Waals surface area contributed by atoms with Crippen molar-refractivity contribution in [3.63, 3.8) is 0 Å². The number of aliphatic carboxylic acids is 1. The number of likely N-dealkylation sites (N-methyl/N-ethyl adjacent to an activating group) is 1. The highest BCUT2D eigenvalue weighted by atomic mass is 16.7. The number of methoxy groups -OCH3 is 1. The van der Waals surface area contributed by atoms with Gasteiger partial charge in [0.1, 0.15) is 84.4 Å². The largest absolute Gasteiger partial charge is 0.507 e. The van der Waals surface area contributed by atoms with E-state index in [1.54, 1.807) is 30.3 Å². The zero-order chi connectivity index (χ0) is 54.6. The van der Waals surface area contributed by atoms with Gasteiger partial charge in [0.15, 0.2) is 24.1 Å². The SMILES string of the molecule is COc1cc(O)c2c(c1)C(=O)c1c(cc3c(c1O)-c1c(cc(C)c(C(=O)N[C@H](C)C(=O)O)c1O)[C@H](O[C@@H]1O[C@H](C)[C@H](N(C)C(=O)[C@H](C)NC(=O)OCc4ccccc4)[C@H](O[C@@H]4OC[C@@H](O)[C@H](O)[C@H]4O)[C@H]1O)[C@H]3O)C2=O. The Morgan fingerprint density at radius 1 is 0.787 bits per heavy atom. The molecule has 0 radical (unpaired) electrons.